The van der Waals surface area contributed by atoms with E-state index in [0.717, 1.165) is 5.56 Å². The standard InChI is InChI=1S/C13H18O4/c1-13(2,12(16)17)7-9-5-3-4-6-10(9)11(15)8-14/h3-6,11,14-15H,7-8H2,1-2H3,(H,16,17). The van der Waals surface area contributed by atoms with Gasteiger partial charge in [-0.2, -0.15) is 0 Å². The van der Waals surface area contributed by atoms with Crippen molar-refractivity contribution in [2.75, 3.05) is 6.61 Å². The second-order valence-electron chi connectivity index (χ2n) is 4.76. The molecule has 0 saturated carbocycles. The second kappa shape index (κ2) is 5.29. The maximum Gasteiger partial charge on any atom is 0.309 e. The van der Waals surface area contributed by atoms with Gasteiger partial charge in [-0.25, -0.2) is 0 Å². The molecule has 1 atom stereocenters. The molecule has 0 spiro atoms. The molecule has 0 fully saturated rings. The molecule has 0 aliphatic carbocycles. The quantitative estimate of drug-likeness (QED) is 0.724. The van der Waals surface area contributed by atoms with Crippen LogP contribution in [0.4, 0.5) is 0 Å². The van der Waals surface area contributed by atoms with Crippen molar-refractivity contribution in [1.82, 2.24) is 0 Å². The summed E-state index contributed by atoms with van der Waals surface area (Å²) in [6, 6.07) is 7.03. The Bertz CT molecular complexity index is 398. The van der Waals surface area contributed by atoms with E-state index in [0.29, 0.717) is 12.0 Å². The zero-order valence-electron chi connectivity index (χ0n) is 10.1. The van der Waals surface area contributed by atoms with E-state index >= 15 is 0 Å². The van der Waals surface area contributed by atoms with Crippen LogP contribution in [0.3, 0.4) is 0 Å². The highest BCUT2D eigenvalue weighted by molar-refractivity contribution is 5.74. The van der Waals surface area contributed by atoms with Crippen molar-refractivity contribution in [3.8, 4) is 0 Å². The highest BCUT2D eigenvalue weighted by Gasteiger charge is 2.28. The van der Waals surface area contributed by atoms with Crippen LogP contribution in [0.2, 0.25) is 0 Å². The lowest BCUT2D eigenvalue weighted by molar-refractivity contribution is -0.146. The highest BCUT2D eigenvalue weighted by atomic mass is 16.4. The molecule has 0 bridgehead atoms. The highest BCUT2D eigenvalue weighted by Crippen LogP contribution is 2.27. The fraction of sp³-hybridized carbons (Fsp3) is 0.462. The first-order valence-electron chi connectivity index (χ1n) is 5.48. The van der Waals surface area contributed by atoms with Gasteiger partial charge in [-0.05, 0) is 31.4 Å². The number of carbonyl (C=O) groups is 1. The largest absolute Gasteiger partial charge is 0.481 e. The van der Waals surface area contributed by atoms with Gasteiger partial charge in [0.05, 0.1) is 12.0 Å². The van der Waals surface area contributed by atoms with Crippen molar-refractivity contribution in [1.29, 1.82) is 0 Å². The fourth-order valence-corrected chi connectivity index (χ4v) is 1.67. The Hall–Kier alpha value is -1.39. The van der Waals surface area contributed by atoms with E-state index in [1.165, 1.54) is 0 Å². The van der Waals surface area contributed by atoms with Gasteiger partial charge in [0.2, 0.25) is 0 Å². The lowest BCUT2D eigenvalue weighted by atomic mass is 9.83. The molecule has 0 saturated heterocycles. The summed E-state index contributed by atoms with van der Waals surface area (Å²) in [4.78, 5) is 11.1. The molecule has 1 rings (SSSR count). The van der Waals surface area contributed by atoms with Gasteiger partial charge in [-0.3, -0.25) is 4.79 Å². The molecule has 0 aliphatic heterocycles. The third-order valence-corrected chi connectivity index (χ3v) is 2.80. The van der Waals surface area contributed by atoms with Gasteiger partial charge in [0.25, 0.3) is 0 Å². The van der Waals surface area contributed by atoms with Gasteiger partial charge < -0.3 is 15.3 Å². The second-order valence-corrected chi connectivity index (χ2v) is 4.76. The van der Waals surface area contributed by atoms with E-state index in [1.54, 1.807) is 38.1 Å². The van der Waals surface area contributed by atoms with Crippen molar-refractivity contribution in [2.45, 2.75) is 26.4 Å². The molecule has 17 heavy (non-hydrogen) atoms. The summed E-state index contributed by atoms with van der Waals surface area (Å²) >= 11 is 0. The van der Waals surface area contributed by atoms with Crippen molar-refractivity contribution in [2.24, 2.45) is 5.41 Å². The van der Waals surface area contributed by atoms with Crippen molar-refractivity contribution < 1.29 is 20.1 Å². The summed E-state index contributed by atoms with van der Waals surface area (Å²) in [5.74, 6) is -0.884. The molecule has 3 N–H and O–H groups in total. The minimum absolute atomic E-state index is 0.315. The molecule has 4 heteroatoms. The minimum Gasteiger partial charge on any atom is -0.481 e. The number of carboxylic acid groups (broad SMARTS) is 1. The maximum atomic E-state index is 11.1. The van der Waals surface area contributed by atoms with Crippen molar-refractivity contribution in [3.63, 3.8) is 0 Å². The smallest absolute Gasteiger partial charge is 0.309 e. The van der Waals surface area contributed by atoms with Gasteiger partial charge in [0.1, 0.15) is 6.10 Å². The average molecular weight is 238 g/mol. The van der Waals surface area contributed by atoms with Crippen LogP contribution >= 0.6 is 0 Å². The van der Waals surface area contributed by atoms with Crippen LogP contribution < -0.4 is 0 Å². The number of hydrogen-bond donors (Lipinski definition) is 3. The SMILES string of the molecule is CC(C)(Cc1ccccc1C(O)CO)C(=O)O. The van der Waals surface area contributed by atoms with Crippen LogP contribution in [0.25, 0.3) is 0 Å². The number of aliphatic hydroxyl groups excluding tert-OH is 2. The van der Waals surface area contributed by atoms with Gasteiger partial charge >= 0.3 is 5.97 Å². The van der Waals surface area contributed by atoms with E-state index in [1.807, 2.05) is 0 Å². The predicted molar refractivity (Wildman–Crippen MR) is 63.6 cm³/mol. The van der Waals surface area contributed by atoms with E-state index in [4.69, 9.17) is 10.2 Å². The van der Waals surface area contributed by atoms with E-state index in [2.05, 4.69) is 0 Å². The molecule has 0 amide bonds. The molecular weight excluding hydrogens is 220 g/mol. The summed E-state index contributed by atoms with van der Waals surface area (Å²) in [6.07, 6.45) is -0.647. The molecule has 0 heterocycles. The zero-order chi connectivity index (χ0) is 13.1. The molecule has 0 aromatic heterocycles. The van der Waals surface area contributed by atoms with Crippen LogP contribution in [0, 0.1) is 5.41 Å². The summed E-state index contributed by atoms with van der Waals surface area (Å²) in [5.41, 5.74) is 0.441. The number of aliphatic hydroxyl groups is 2. The Morgan fingerprint density at radius 3 is 2.47 bits per heavy atom. The van der Waals surface area contributed by atoms with Gasteiger partial charge in [-0.1, -0.05) is 24.3 Å². The first-order chi connectivity index (χ1) is 7.88. The van der Waals surface area contributed by atoms with Crippen LogP contribution in [-0.2, 0) is 11.2 Å². The summed E-state index contributed by atoms with van der Waals surface area (Å²) in [5, 5.41) is 27.7. The number of hydrogen-bond acceptors (Lipinski definition) is 3. The normalized spacial score (nSPS) is 13.4. The zero-order valence-corrected chi connectivity index (χ0v) is 10.1. The van der Waals surface area contributed by atoms with E-state index in [-0.39, 0.29) is 6.61 Å². The van der Waals surface area contributed by atoms with Crippen molar-refractivity contribution >= 4 is 5.97 Å². The van der Waals surface area contributed by atoms with Gasteiger partial charge in [0.15, 0.2) is 0 Å². The van der Waals surface area contributed by atoms with Crippen LogP contribution in [0.5, 0.6) is 0 Å². The molecule has 1 aromatic rings. The Kier molecular flexibility index (Phi) is 4.26. The third kappa shape index (κ3) is 3.28. The van der Waals surface area contributed by atoms with Crippen LogP contribution in [0.1, 0.15) is 31.1 Å². The minimum atomic E-state index is -0.962. The fourth-order valence-electron chi connectivity index (χ4n) is 1.67. The third-order valence-electron chi connectivity index (χ3n) is 2.80. The summed E-state index contributed by atoms with van der Waals surface area (Å²) < 4.78 is 0. The Morgan fingerprint density at radius 1 is 1.35 bits per heavy atom. The van der Waals surface area contributed by atoms with Crippen LogP contribution in [0.15, 0.2) is 24.3 Å². The Balaban J connectivity index is 3.02. The summed E-state index contributed by atoms with van der Waals surface area (Å²) in [7, 11) is 0. The topological polar surface area (TPSA) is 77.8 Å². The number of rotatable bonds is 5. The van der Waals surface area contributed by atoms with E-state index < -0.39 is 17.5 Å². The number of carboxylic acids is 1. The monoisotopic (exact) mass is 238 g/mol. The molecule has 94 valence electrons. The molecule has 1 aromatic carbocycles. The van der Waals surface area contributed by atoms with E-state index in [9.17, 15) is 9.90 Å². The van der Waals surface area contributed by atoms with Crippen LogP contribution in [-0.4, -0.2) is 27.9 Å². The Morgan fingerprint density at radius 2 is 1.94 bits per heavy atom. The lowest BCUT2D eigenvalue weighted by Crippen LogP contribution is -2.27. The molecule has 0 aliphatic rings. The van der Waals surface area contributed by atoms with Gasteiger partial charge in [-0.15, -0.1) is 0 Å². The predicted octanol–water partition coefficient (Wildman–Crippen LogP) is 1.37. The average Bonchev–Trinajstić information content (AvgIpc) is 2.28. The maximum absolute atomic E-state index is 11.1. The molecular formula is C13H18O4. The number of benzene rings is 1. The first-order valence-corrected chi connectivity index (χ1v) is 5.48. The summed E-state index contributed by atoms with van der Waals surface area (Å²) in [6.45, 7) is 2.90. The van der Waals surface area contributed by atoms with Gasteiger partial charge in [0, 0.05) is 0 Å². The molecule has 4 nitrogen and oxygen atoms in total. The molecule has 0 radical (unpaired) electrons. The lowest BCUT2D eigenvalue weighted by Gasteiger charge is -2.22. The first kappa shape index (κ1) is 13.7. The Labute approximate surface area is 101 Å². The number of aliphatic carboxylic acids is 1. The molecule has 1 unspecified atom stereocenters. The van der Waals surface area contributed by atoms with Crippen molar-refractivity contribution in [3.05, 3.63) is 35.4 Å².